The highest BCUT2D eigenvalue weighted by molar-refractivity contribution is 5.36. The fraction of sp³-hybridized carbons (Fsp3) is 0.667. The molecule has 4 heteroatoms. The average Bonchev–Trinajstić information content (AvgIpc) is 2.37. The maximum atomic E-state index is 5.81. The molecule has 0 fully saturated rings. The molecule has 13 heavy (non-hydrogen) atoms. The second-order valence-electron chi connectivity index (χ2n) is 3.46. The molecule has 0 saturated heterocycles. The number of ether oxygens (including phenoxy) is 1. The van der Waals surface area contributed by atoms with Gasteiger partial charge in [-0.05, 0) is 12.8 Å². The molecular formula is C9H17N3O. The van der Waals surface area contributed by atoms with Crippen molar-refractivity contribution in [2.75, 3.05) is 19.5 Å². The number of methoxy groups -OCH3 is 1. The number of hydrogen-bond donors (Lipinski definition) is 1. The van der Waals surface area contributed by atoms with Crippen molar-refractivity contribution in [1.82, 2.24) is 9.78 Å². The van der Waals surface area contributed by atoms with Gasteiger partial charge in [0.25, 0.3) is 0 Å². The summed E-state index contributed by atoms with van der Waals surface area (Å²) in [6.45, 7) is 5.62. The summed E-state index contributed by atoms with van der Waals surface area (Å²) in [5, 5.41) is 4.17. The molecule has 1 heterocycles. The third kappa shape index (κ3) is 2.45. The smallest absolute Gasteiger partial charge is 0.124 e. The number of nitrogens with two attached hydrogens (primary N) is 1. The Bertz CT molecular complexity index is 270. The molecule has 74 valence electrons. The maximum absolute atomic E-state index is 5.81. The number of nitrogens with zero attached hydrogens (tertiary/aromatic N) is 2. The Kier molecular flexibility index (Phi) is 3.31. The van der Waals surface area contributed by atoms with Crippen LogP contribution in [0.5, 0.6) is 0 Å². The molecule has 0 amide bonds. The van der Waals surface area contributed by atoms with Crippen LogP contribution in [-0.4, -0.2) is 23.5 Å². The fourth-order valence-corrected chi connectivity index (χ4v) is 1.27. The molecule has 1 aromatic rings. The molecule has 0 aromatic carbocycles. The van der Waals surface area contributed by atoms with Crippen LogP contribution in [0.25, 0.3) is 0 Å². The van der Waals surface area contributed by atoms with Gasteiger partial charge in [0, 0.05) is 19.2 Å². The van der Waals surface area contributed by atoms with Gasteiger partial charge in [-0.3, -0.25) is 0 Å². The summed E-state index contributed by atoms with van der Waals surface area (Å²) in [5.41, 5.74) is 6.84. The largest absolute Gasteiger partial charge is 0.384 e. The molecule has 0 aliphatic rings. The molecule has 1 unspecified atom stereocenters. The first-order chi connectivity index (χ1) is 6.15. The number of aryl methyl sites for hydroxylation is 1. The van der Waals surface area contributed by atoms with Crippen molar-refractivity contribution >= 4 is 5.82 Å². The van der Waals surface area contributed by atoms with Gasteiger partial charge in [-0.1, -0.05) is 6.92 Å². The molecule has 1 aromatic heterocycles. The average molecular weight is 183 g/mol. The lowest BCUT2D eigenvalue weighted by Crippen LogP contribution is -2.15. The topological polar surface area (TPSA) is 53.1 Å². The molecule has 0 bridgehead atoms. The zero-order chi connectivity index (χ0) is 9.84. The third-order valence-corrected chi connectivity index (χ3v) is 2.01. The predicted molar refractivity (Wildman–Crippen MR) is 52.4 cm³/mol. The summed E-state index contributed by atoms with van der Waals surface area (Å²) in [5.74, 6) is 1.19. The normalized spacial score (nSPS) is 13.2. The summed E-state index contributed by atoms with van der Waals surface area (Å²) in [4.78, 5) is 0. The van der Waals surface area contributed by atoms with Gasteiger partial charge in [-0.15, -0.1) is 0 Å². The molecule has 4 nitrogen and oxygen atoms in total. The lowest BCUT2D eigenvalue weighted by molar-refractivity contribution is 0.150. The van der Waals surface area contributed by atoms with Crippen molar-refractivity contribution in [2.24, 2.45) is 5.92 Å². The minimum atomic E-state index is 0.437. The molecule has 0 aliphatic heterocycles. The Hall–Kier alpha value is -1.03. The Morgan fingerprint density at radius 1 is 1.69 bits per heavy atom. The van der Waals surface area contributed by atoms with E-state index in [1.54, 1.807) is 13.3 Å². The van der Waals surface area contributed by atoms with E-state index in [9.17, 15) is 0 Å². The van der Waals surface area contributed by atoms with Gasteiger partial charge >= 0.3 is 0 Å². The van der Waals surface area contributed by atoms with Crippen LogP contribution in [0, 0.1) is 12.8 Å². The standard InChI is InChI=1S/C9H17N3O/c1-7(6-13-3)5-12-9(10)8(2)4-11-12/h4,7H,5-6,10H2,1-3H3. The van der Waals surface area contributed by atoms with Gasteiger partial charge in [-0.25, -0.2) is 4.68 Å². The van der Waals surface area contributed by atoms with E-state index in [1.165, 1.54) is 0 Å². The quantitative estimate of drug-likeness (QED) is 0.759. The Labute approximate surface area is 78.7 Å². The molecule has 0 saturated carbocycles. The van der Waals surface area contributed by atoms with E-state index in [0.717, 1.165) is 24.5 Å². The lowest BCUT2D eigenvalue weighted by atomic mass is 10.2. The van der Waals surface area contributed by atoms with Crippen LogP contribution in [0.3, 0.4) is 0 Å². The van der Waals surface area contributed by atoms with Gasteiger partial charge in [0.05, 0.1) is 12.8 Å². The van der Waals surface area contributed by atoms with E-state index in [1.807, 2.05) is 11.6 Å². The first kappa shape index (κ1) is 10.1. The first-order valence-electron chi connectivity index (χ1n) is 4.42. The van der Waals surface area contributed by atoms with Gasteiger partial charge < -0.3 is 10.5 Å². The van der Waals surface area contributed by atoms with Crippen LogP contribution < -0.4 is 5.73 Å². The van der Waals surface area contributed by atoms with E-state index in [-0.39, 0.29) is 0 Å². The molecule has 0 spiro atoms. The van der Waals surface area contributed by atoms with Gasteiger partial charge in [0.2, 0.25) is 0 Å². The fourth-order valence-electron chi connectivity index (χ4n) is 1.27. The number of anilines is 1. The Balaban J connectivity index is 2.58. The van der Waals surface area contributed by atoms with Crippen molar-refractivity contribution in [1.29, 1.82) is 0 Å². The first-order valence-corrected chi connectivity index (χ1v) is 4.42. The summed E-state index contributed by atoms with van der Waals surface area (Å²) >= 11 is 0. The Morgan fingerprint density at radius 3 is 2.85 bits per heavy atom. The van der Waals surface area contributed by atoms with Crippen LogP contribution in [0.4, 0.5) is 5.82 Å². The van der Waals surface area contributed by atoms with Gasteiger partial charge in [-0.2, -0.15) is 5.10 Å². The highest BCUT2D eigenvalue weighted by Gasteiger charge is 2.07. The molecule has 1 rings (SSSR count). The number of aromatic nitrogens is 2. The van der Waals surface area contributed by atoms with E-state index in [2.05, 4.69) is 12.0 Å². The van der Waals surface area contributed by atoms with Crippen LogP contribution in [0.15, 0.2) is 6.20 Å². The third-order valence-electron chi connectivity index (χ3n) is 2.01. The van der Waals surface area contributed by atoms with Crippen molar-refractivity contribution < 1.29 is 4.74 Å². The summed E-state index contributed by atoms with van der Waals surface area (Å²) < 4.78 is 6.86. The number of nitrogen functional groups attached to an aromatic ring is 1. The second kappa shape index (κ2) is 4.28. The number of hydrogen-bond acceptors (Lipinski definition) is 3. The van der Waals surface area contributed by atoms with Crippen LogP contribution >= 0.6 is 0 Å². The highest BCUT2D eigenvalue weighted by atomic mass is 16.5. The van der Waals surface area contributed by atoms with Crippen molar-refractivity contribution in [3.63, 3.8) is 0 Å². The van der Waals surface area contributed by atoms with E-state index in [0.29, 0.717) is 5.92 Å². The minimum Gasteiger partial charge on any atom is -0.384 e. The number of rotatable bonds is 4. The SMILES string of the molecule is COCC(C)Cn1ncc(C)c1N. The zero-order valence-corrected chi connectivity index (χ0v) is 8.45. The Morgan fingerprint density at radius 2 is 2.38 bits per heavy atom. The summed E-state index contributed by atoms with van der Waals surface area (Å²) in [6.07, 6.45) is 1.79. The molecule has 0 aliphatic carbocycles. The van der Waals surface area contributed by atoms with Crippen LogP contribution in [-0.2, 0) is 11.3 Å². The monoisotopic (exact) mass is 183 g/mol. The van der Waals surface area contributed by atoms with Gasteiger partial charge in [0.1, 0.15) is 5.82 Å². The summed E-state index contributed by atoms with van der Waals surface area (Å²) in [6, 6.07) is 0. The van der Waals surface area contributed by atoms with Crippen LogP contribution in [0.2, 0.25) is 0 Å². The van der Waals surface area contributed by atoms with Crippen molar-refractivity contribution in [3.05, 3.63) is 11.8 Å². The molecule has 1 atom stereocenters. The maximum Gasteiger partial charge on any atom is 0.124 e. The highest BCUT2D eigenvalue weighted by Crippen LogP contribution is 2.11. The van der Waals surface area contributed by atoms with E-state index in [4.69, 9.17) is 10.5 Å². The molecular weight excluding hydrogens is 166 g/mol. The van der Waals surface area contributed by atoms with Crippen molar-refractivity contribution in [3.8, 4) is 0 Å². The molecule has 0 radical (unpaired) electrons. The minimum absolute atomic E-state index is 0.437. The predicted octanol–water partition coefficient (Wildman–Crippen LogP) is 1.06. The van der Waals surface area contributed by atoms with Crippen LogP contribution in [0.1, 0.15) is 12.5 Å². The lowest BCUT2D eigenvalue weighted by Gasteiger charge is -2.11. The van der Waals surface area contributed by atoms with Crippen molar-refractivity contribution in [2.45, 2.75) is 20.4 Å². The van der Waals surface area contributed by atoms with E-state index >= 15 is 0 Å². The summed E-state index contributed by atoms with van der Waals surface area (Å²) in [7, 11) is 1.70. The van der Waals surface area contributed by atoms with E-state index < -0.39 is 0 Å². The van der Waals surface area contributed by atoms with Gasteiger partial charge in [0.15, 0.2) is 0 Å². The molecule has 2 N–H and O–H groups in total. The second-order valence-corrected chi connectivity index (χ2v) is 3.46. The zero-order valence-electron chi connectivity index (χ0n) is 8.45.